The quantitative estimate of drug-likeness (QED) is 0.458. The summed E-state index contributed by atoms with van der Waals surface area (Å²) in [6.45, 7) is 1.96. The van der Waals surface area contributed by atoms with Crippen LogP contribution in [0, 0.1) is 5.82 Å². The summed E-state index contributed by atoms with van der Waals surface area (Å²) in [4.78, 5) is 11.6. The molecule has 7 heteroatoms. The van der Waals surface area contributed by atoms with E-state index in [0.29, 0.717) is 49.3 Å². The van der Waals surface area contributed by atoms with Gasteiger partial charge in [-0.2, -0.15) is 0 Å². The highest BCUT2D eigenvalue weighted by Gasteiger charge is 2.32. The third-order valence-corrected chi connectivity index (χ3v) is 8.70. The summed E-state index contributed by atoms with van der Waals surface area (Å²) in [6.07, 6.45) is 2.92. The summed E-state index contributed by atoms with van der Waals surface area (Å²) in [7, 11) is -3.35. The summed E-state index contributed by atoms with van der Waals surface area (Å²) in [5.41, 5.74) is 2.58. The maximum atomic E-state index is 13.9. The Morgan fingerprint density at radius 2 is 1.71 bits per heavy atom. The average molecular weight is 496 g/mol. The summed E-state index contributed by atoms with van der Waals surface area (Å²) >= 11 is 0. The van der Waals surface area contributed by atoms with Gasteiger partial charge in [-0.25, -0.2) is 12.8 Å². The fourth-order valence-corrected chi connectivity index (χ4v) is 6.41. The van der Waals surface area contributed by atoms with E-state index in [1.807, 2.05) is 30.3 Å². The topological polar surface area (TPSA) is 72.5 Å². The fourth-order valence-electron chi connectivity index (χ4n) is 4.60. The molecule has 0 radical (unpaired) electrons. The molecule has 1 fully saturated rings. The summed E-state index contributed by atoms with van der Waals surface area (Å²) in [5.74, 6) is 0.253. The Bertz CT molecular complexity index is 1270. The standard InChI is InChI=1S/C28H30FNO4S/c1-20(31)30-17-16-21-10-11-25(19-28(21)22-6-5-7-23(29)18-22)34-24-12-14-27(15-13-24)35(32,33)26-8-3-2-4-9-26/h2-11,18-19,24,27H,12-17H2,1H3,(H,30,31). The Balaban J connectivity index is 1.47. The van der Waals surface area contributed by atoms with E-state index in [4.69, 9.17) is 4.74 Å². The monoisotopic (exact) mass is 495 g/mol. The zero-order valence-corrected chi connectivity index (χ0v) is 20.6. The largest absolute Gasteiger partial charge is 0.490 e. The van der Waals surface area contributed by atoms with Crippen molar-refractivity contribution in [1.82, 2.24) is 5.32 Å². The maximum absolute atomic E-state index is 13.9. The van der Waals surface area contributed by atoms with Crippen LogP contribution in [0.4, 0.5) is 4.39 Å². The predicted octanol–water partition coefficient (Wildman–Crippen LogP) is 5.34. The smallest absolute Gasteiger partial charge is 0.216 e. The van der Waals surface area contributed by atoms with Gasteiger partial charge in [-0.3, -0.25) is 4.79 Å². The number of amides is 1. The molecule has 0 aliphatic heterocycles. The van der Waals surface area contributed by atoms with Gasteiger partial charge in [0.05, 0.1) is 16.2 Å². The van der Waals surface area contributed by atoms with E-state index in [9.17, 15) is 17.6 Å². The van der Waals surface area contributed by atoms with Crippen LogP contribution in [0.5, 0.6) is 5.75 Å². The zero-order valence-electron chi connectivity index (χ0n) is 19.7. The van der Waals surface area contributed by atoms with E-state index >= 15 is 0 Å². The lowest BCUT2D eigenvalue weighted by atomic mass is 9.96. The van der Waals surface area contributed by atoms with Crippen LogP contribution in [0.3, 0.4) is 0 Å². The number of hydrogen-bond acceptors (Lipinski definition) is 4. The number of ether oxygens (including phenoxy) is 1. The first-order valence-corrected chi connectivity index (χ1v) is 13.5. The number of nitrogens with one attached hydrogen (secondary N) is 1. The third kappa shape index (κ3) is 6.28. The van der Waals surface area contributed by atoms with Gasteiger partial charge in [0.2, 0.25) is 5.91 Å². The molecule has 4 rings (SSSR count). The van der Waals surface area contributed by atoms with Crippen LogP contribution >= 0.6 is 0 Å². The summed E-state index contributed by atoms with van der Waals surface area (Å²) in [5, 5.41) is 2.40. The van der Waals surface area contributed by atoms with E-state index < -0.39 is 15.1 Å². The molecular weight excluding hydrogens is 465 g/mol. The SMILES string of the molecule is CC(=O)NCCc1ccc(OC2CCC(S(=O)(=O)c3ccccc3)CC2)cc1-c1cccc(F)c1. The van der Waals surface area contributed by atoms with Gasteiger partial charge >= 0.3 is 0 Å². The Kier molecular flexibility index (Phi) is 7.86. The number of halogens is 1. The van der Waals surface area contributed by atoms with E-state index in [2.05, 4.69) is 5.32 Å². The lowest BCUT2D eigenvalue weighted by molar-refractivity contribution is -0.118. The molecule has 0 aromatic heterocycles. The molecule has 3 aromatic rings. The van der Waals surface area contributed by atoms with Gasteiger partial charge in [-0.1, -0.05) is 36.4 Å². The first kappa shape index (κ1) is 24.9. The molecule has 1 amide bonds. The minimum Gasteiger partial charge on any atom is -0.490 e. The Hall–Kier alpha value is -3.19. The first-order chi connectivity index (χ1) is 16.8. The number of carbonyl (C=O) groups is 1. The van der Waals surface area contributed by atoms with Gasteiger partial charge < -0.3 is 10.1 Å². The minimum atomic E-state index is -3.35. The highest BCUT2D eigenvalue weighted by atomic mass is 32.2. The van der Waals surface area contributed by atoms with Gasteiger partial charge in [0.1, 0.15) is 11.6 Å². The van der Waals surface area contributed by atoms with Crippen molar-refractivity contribution in [3.63, 3.8) is 0 Å². The molecule has 0 heterocycles. The van der Waals surface area contributed by atoms with Crippen LogP contribution in [0.25, 0.3) is 11.1 Å². The summed E-state index contributed by atoms with van der Waals surface area (Å²) in [6, 6.07) is 20.8. The second-order valence-corrected chi connectivity index (χ2v) is 11.2. The molecule has 5 nitrogen and oxygen atoms in total. The van der Waals surface area contributed by atoms with Crippen molar-refractivity contribution in [2.75, 3.05) is 6.54 Å². The van der Waals surface area contributed by atoms with Crippen molar-refractivity contribution in [3.8, 4) is 16.9 Å². The Morgan fingerprint density at radius 3 is 2.40 bits per heavy atom. The fraction of sp³-hybridized carbons (Fsp3) is 0.321. The van der Waals surface area contributed by atoms with Crippen molar-refractivity contribution in [2.45, 2.75) is 55.3 Å². The van der Waals surface area contributed by atoms with Crippen LogP contribution in [0.15, 0.2) is 77.7 Å². The van der Waals surface area contributed by atoms with E-state index in [1.165, 1.54) is 19.1 Å². The van der Waals surface area contributed by atoms with Crippen LogP contribution in [-0.4, -0.2) is 32.2 Å². The van der Waals surface area contributed by atoms with Gasteiger partial charge in [0.25, 0.3) is 0 Å². The summed E-state index contributed by atoms with van der Waals surface area (Å²) < 4.78 is 46.1. The van der Waals surface area contributed by atoms with Crippen LogP contribution in [0.2, 0.25) is 0 Å². The van der Waals surface area contributed by atoms with Crippen molar-refractivity contribution in [1.29, 1.82) is 0 Å². The highest BCUT2D eigenvalue weighted by molar-refractivity contribution is 7.92. The molecule has 184 valence electrons. The molecule has 1 N–H and O–H groups in total. The van der Waals surface area contributed by atoms with Crippen LogP contribution in [0.1, 0.15) is 38.2 Å². The molecule has 0 spiro atoms. The molecule has 1 aliphatic carbocycles. The molecule has 0 saturated heterocycles. The van der Waals surface area contributed by atoms with E-state index in [0.717, 1.165) is 16.7 Å². The molecule has 1 saturated carbocycles. The van der Waals surface area contributed by atoms with Gasteiger partial charge in [0, 0.05) is 13.5 Å². The lowest BCUT2D eigenvalue weighted by Gasteiger charge is -2.29. The molecule has 35 heavy (non-hydrogen) atoms. The van der Waals surface area contributed by atoms with E-state index in [1.54, 1.807) is 30.3 Å². The number of sulfone groups is 1. The number of rotatable bonds is 8. The molecule has 3 aromatic carbocycles. The molecule has 0 atom stereocenters. The predicted molar refractivity (Wildman–Crippen MR) is 135 cm³/mol. The Labute approximate surface area is 206 Å². The van der Waals surface area contributed by atoms with Crippen LogP contribution in [-0.2, 0) is 21.1 Å². The van der Waals surface area contributed by atoms with Crippen molar-refractivity contribution in [3.05, 3.63) is 84.2 Å². The molecular formula is C28H30FNO4S. The van der Waals surface area contributed by atoms with Crippen molar-refractivity contribution in [2.24, 2.45) is 0 Å². The number of carbonyl (C=O) groups excluding carboxylic acids is 1. The molecule has 0 bridgehead atoms. The number of hydrogen-bond donors (Lipinski definition) is 1. The Morgan fingerprint density at radius 1 is 0.971 bits per heavy atom. The van der Waals surface area contributed by atoms with Crippen molar-refractivity contribution < 1.29 is 22.3 Å². The average Bonchev–Trinajstić information content (AvgIpc) is 2.85. The minimum absolute atomic E-state index is 0.0807. The third-order valence-electron chi connectivity index (χ3n) is 6.42. The zero-order chi connectivity index (χ0) is 24.8. The molecule has 1 aliphatic rings. The highest BCUT2D eigenvalue weighted by Crippen LogP contribution is 2.33. The number of benzene rings is 3. The lowest BCUT2D eigenvalue weighted by Crippen LogP contribution is -2.31. The second-order valence-electron chi connectivity index (χ2n) is 8.94. The molecule has 0 unspecified atom stereocenters. The normalized spacial score (nSPS) is 18.1. The van der Waals surface area contributed by atoms with Gasteiger partial charge in [-0.05, 0) is 85.2 Å². The van der Waals surface area contributed by atoms with Gasteiger partial charge in [-0.15, -0.1) is 0 Å². The van der Waals surface area contributed by atoms with Crippen molar-refractivity contribution >= 4 is 15.7 Å². The second kappa shape index (κ2) is 11.0. The van der Waals surface area contributed by atoms with Gasteiger partial charge in [0.15, 0.2) is 9.84 Å². The first-order valence-electron chi connectivity index (χ1n) is 11.9. The van der Waals surface area contributed by atoms with Crippen LogP contribution < -0.4 is 10.1 Å². The van der Waals surface area contributed by atoms with E-state index in [-0.39, 0.29) is 17.8 Å². The maximum Gasteiger partial charge on any atom is 0.216 e.